The van der Waals surface area contributed by atoms with Gasteiger partial charge in [-0.3, -0.25) is 4.79 Å². The van der Waals surface area contributed by atoms with E-state index in [-0.39, 0.29) is 11.8 Å². The average molecular weight is 355 g/mol. The van der Waals surface area contributed by atoms with E-state index in [0.29, 0.717) is 37.2 Å². The minimum atomic E-state index is 0.165. The average Bonchev–Trinajstić information content (AvgIpc) is 3.22. The van der Waals surface area contributed by atoms with Crippen LogP contribution in [0.3, 0.4) is 0 Å². The molecule has 0 radical (unpaired) electrons. The zero-order valence-corrected chi connectivity index (χ0v) is 15.2. The Bertz CT molecular complexity index is 769. The van der Waals surface area contributed by atoms with Crippen LogP contribution in [0.15, 0.2) is 28.8 Å². The maximum Gasteiger partial charge on any atom is 0.231 e. The zero-order chi connectivity index (χ0) is 17.9. The molecule has 1 aliphatic heterocycles. The summed E-state index contributed by atoms with van der Waals surface area (Å²) in [5.74, 6) is 2.90. The summed E-state index contributed by atoms with van der Waals surface area (Å²) in [6, 6.07) is 7.97. The van der Waals surface area contributed by atoms with E-state index in [1.165, 1.54) is 12.0 Å². The molecule has 0 bridgehead atoms. The van der Waals surface area contributed by atoms with Crippen molar-refractivity contribution in [2.75, 3.05) is 19.7 Å². The van der Waals surface area contributed by atoms with Crippen LogP contribution in [0.2, 0.25) is 0 Å². The fourth-order valence-electron chi connectivity index (χ4n) is 3.58. The lowest BCUT2D eigenvalue weighted by Crippen LogP contribution is -2.37. The number of hydrogen-bond acceptors (Lipinski definition) is 5. The van der Waals surface area contributed by atoms with Crippen molar-refractivity contribution in [2.24, 2.45) is 5.92 Å². The molecule has 26 heavy (non-hydrogen) atoms. The Kier molecular flexibility index (Phi) is 4.91. The highest BCUT2D eigenvalue weighted by Gasteiger charge is 2.35. The van der Waals surface area contributed by atoms with Gasteiger partial charge in [-0.25, -0.2) is 0 Å². The number of aromatic nitrogens is 2. The quantitative estimate of drug-likeness (QED) is 0.796. The molecule has 1 unspecified atom stereocenters. The SMILES string of the molecule is Cc1cccc(OCCc2noc(C3CCN(C(=O)C4CCC4)C3)n2)c1. The summed E-state index contributed by atoms with van der Waals surface area (Å²) in [5.41, 5.74) is 1.17. The van der Waals surface area contributed by atoms with E-state index in [1.54, 1.807) is 0 Å². The first kappa shape index (κ1) is 17.1. The highest BCUT2D eigenvalue weighted by molar-refractivity contribution is 5.79. The van der Waals surface area contributed by atoms with Crippen LogP contribution in [0.1, 0.15) is 48.9 Å². The maximum atomic E-state index is 12.4. The van der Waals surface area contributed by atoms with E-state index < -0.39 is 0 Å². The summed E-state index contributed by atoms with van der Waals surface area (Å²) in [5, 5.41) is 4.07. The van der Waals surface area contributed by atoms with Gasteiger partial charge in [0.15, 0.2) is 5.82 Å². The molecule has 0 spiro atoms. The molecule has 6 nitrogen and oxygen atoms in total. The summed E-state index contributed by atoms with van der Waals surface area (Å²) in [4.78, 5) is 18.8. The smallest absolute Gasteiger partial charge is 0.231 e. The largest absolute Gasteiger partial charge is 0.493 e. The van der Waals surface area contributed by atoms with Gasteiger partial charge in [-0.05, 0) is 43.9 Å². The van der Waals surface area contributed by atoms with Crippen molar-refractivity contribution in [1.82, 2.24) is 15.0 Å². The van der Waals surface area contributed by atoms with Crippen LogP contribution in [0.25, 0.3) is 0 Å². The van der Waals surface area contributed by atoms with E-state index >= 15 is 0 Å². The van der Waals surface area contributed by atoms with E-state index in [1.807, 2.05) is 36.1 Å². The van der Waals surface area contributed by atoms with Gasteiger partial charge >= 0.3 is 0 Å². The highest BCUT2D eigenvalue weighted by Crippen LogP contribution is 2.32. The molecule has 2 fully saturated rings. The van der Waals surface area contributed by atoms with Crippen LogP contribution in [0.4, 0.5) is 0 Å². The molecule has 1 aliphatic carbocycles. The van der Waals surface area contributed by atoms with Gasteiger partial charge in [0.1, 0.15) is 5.75 Å². The predicted octanol–water partition coefficient (Wildman–Crippen LogP) is 3.12. The number of carbonyl (C=O) groups excluding carboxylic acids is 1. The number of aryl methyl sites for hydroxylation is 1. The second-order valence-electron chi connectivity index (χ2n) is 7.36. The van der Waals surface area contributed by atoms with Gasteiger partial charge in [-0.2, -0.15) is 4.98 Å². The van der Waals surface area contributed by atoms with E-state index in [9.17, 15) is 4.79 Å². The molecule has 2 aromatic rings. The lowest BCUT2D eigenvalue weighted by molar-refractivity contribution is -0.137. The first-order valence-corrected chi connectivity index (χ1v) is 9.50. The van der Waals surface area contributed by atoms with Crippen LogP contribution in [-0.4, -0.2) is 40.6 Å². The monoisotopic (exact) mass is 355 g/mol. The van der Waals surface area contributed by atoms with Crippen LogP contribution in [0.5, 0.6) is 5.75 Å². The minimum Gasteiger partial charge on any atom is -0.493 e. The number of rotatable bonds is 6. The lowest BCUT2D eigenvalue weighted by Gasteiger charge is -2.28. The second-order valence-corrected chi connectivity index (χ2v) is 7.36. The standard InChI is InChI=1S/C20H25N3O3/c1-14-4-2-7-17(12-14)25-11-9-18-21-19(26-22-18)16-8-10-23(13-16)20(24)15-5-3-6-15/h2,4,7,12,15-16H,3,5-6,8-11,13H2,1H3. The zero-order valence-electron chi connectivity index (χ0n) is 15.2. The Balaban J connectivity index is 1.27. The van der Waals surface area contributed by atoms with E-state index in [4.69, 9.17) is 9.26 Å². The van der Waals surface area contributed by atoms with E-state index in [2.05, 4.69) is 10.1 Å². The summed E-state index contributed by atoms with van der Waals surface area (Å²) in [7, 11) is 0. The van der Waals surface area contributed by atoms with Gasteiger partial charge in [0.2, 0.25) is 11.8 Å². The number of ether oxygens (including phenoxy) is 1. The molecule has 1 saturated carbocycles. The molecule has 1 aromatic heterocycles. The topological polar surface area (TPSA) is 68.5 Å². The minimum absolute atomic E-state index is 0.165. The normalized spacial score (nSPS) is 20.2. The molecule has 6 heteroatoms. The number of nitrogens with zero attached hydrogens (tertiary/aromatic N) is 3. The van der Waals surface area contributed by atoms with Crippen molar-refractivity contribution in [3.05, 3.63) is 41.5 Å². The third-order valence-electron chi connectivity index (χ3n) is 5.37. The maximum absolute atomic E-state index is 12.4. The van der Waals surface area contributed by atoms with Gasteiger partial charge in [-0.1, -0.05) is 23.7 Å². The third-order valence-corrected chi connectivity index (χ3v) is 5.37. The molecule has 4 rings (SSSR count). The summed E-state index contributed by atoms with van der Waals surface area (Å²) in [6.45, 7) is 4.06. The molecule has 2 aliphatic rings. The molecule has 1 amide bonds. The number of hydrogen-bond donors (Lipinski definition) is 0. The summed E-state index contributed by atoms with van der Waals surface area (Å²) in [6.07, 6.45) is 4.79. The Labute approximate surface area is 153 Å². The van der Waals surface area contributed by atoms with Crippen molar-refractivity contribution >= 4 is 5.91 Å². The third kappa shape index (κ3) is 3.74. The Morgan fingerprint density at radius 1 is 1.35 bits per heavy atom. The lowest BCUT2D eigenvalue weighted by atomic mass is 9.84. The molecule has 2 heterocycles. The van der Waals surface area contributed by atoms with Crippen LogP contribution in [0, 0.1) is 12.8 Å². The molecule has 1 atom stereocenters. The molecule has 1 aromatic carbocycles. The Morgan fingerprint density at radius 3 is 3.00 bits per heavy atom. The molecule has 1 saturated heterocycles. The highest BCUT2D eigenvalue weighted by atomic mass is 16.5. The van der Waals surface area contributed by atoms with Crippen molar-refractivity contribution in [1.29, 1.82) is 0 Å². The van der Waals surface area contributed by atoms with Crippen molar-refractivity contribution in [3.63, 3.8) is 0 Å². The number of carbonyl (C=O) groups is 1. The predicted molar refractivity (Wildman–Crippen MR) is 96.0 cm³/mol. The number of likely N-dealkylation sites (tertiary alicyclic amines) is 1. The van der Waals surface area contributed by atoms with Crippen LogP contribution in [-0.2, 0) is 11.2 Å². The van der Waals surface area contributed by atoms with Gasteiger partial charge in [-0.15, -0.1) is 0 Å². The second kappa shape index (κ2) is 7.48. The number of benzene rings is 1. The van der Waals surface area contributed by atoms with E-state index in [0.717, 1.165) is 31.6 Å². The fraction of sp³-hybridized carbons (Fsp3) is 0.550. The molecule has 138 valence electrons. The summed E-state index contributed by atoms with van der Waals surface area (Å²) < 4.78 is 11.2. The van der Waals surface area contributed by atoms with Gasteiger partial charge in [0.05, 0.1) is 12.5 Å². The van der Waals surface area contributed by atoms with Crippen LogP contribution >= 0.6 is 0 Å². The van der Waals surface area contributed by atoms with Crippen molar-refractivity contribution in [2.45, 2.75) is 44.9 Å². The summed E-state index contributed by atoms with van der Waals surface area (Å²) >= 11 is 0. The Morgan fingerprint density at radius 2 is 2.23 bits per heavy atom. The van der Waals surface area contributed by atoms with Crippen molar-refractivity contribution in [3.8, 4) is 5.75 Å². The first-order chi connectivity index (χ1) is 12.7. The Hall–Kier alpha value is -2.37. The number of amides is 1. The van der Waals surface area contributed by atoms with Gasteiger partial charge in [0, 0.05) is 25.4 Å². The first-order valence-electron chi connectivity index (χ1n) is 9.50. The van der Waals surface area contributed by atoms with Crippen LogP contribution < -0.4 is 4.74 Å². The van der Waals surface area contributed by atoms with Gasteiger partial charge in [0.25, 0.3) is 0 Å². The fourth-order valence-corrected chi connectivity index (χ4v) is 3.58. The molecule has 0 N–H and O–H groups in total. The molecular weight excluding hydrogens is 330 g/mol. The van der Waals surface area contributed by atoms with Gasteiger partial charge < -0.3 is 14.2 Å². The molecular formula is C20H25N3O3. The van der Waals surface area contributed by atoms with Crippen molar-refractivity contribution < 1.29 is 14.1 Å².